The lowest BCUT2D eigenvalue weighted by Gasteiger charge is -2.29. The van der Waals surface area contributed by atoms with Crippen LogP contribution in [0.1, 0.15) is 91.3 Å². The van der Waals surface area contributed by atoms with Gasteiger partial charge >= 0.3 is 5.97 Å². The van der Waals surface area contributed by atoms with Crippen molar-refractivity contribution in [3.8, 4) is 5.75 Å². The van der Waals surface area contributed by atoms with E-state index in [1.165, 1.54) is 5.56 Å². The van der Waals surface area contributed by atoms with E-state index in [-0.39, 0.29) is 16.8 Å². The van der Waals surface area contributed by atoms with Crippen molar-refractivity contribution in [1.29, 1.82) is 0 Å². The van der Waals surface area contributed by atoms with Gasteiger partial charge in [-0.3, -0.25) is 4.79 Å². The van der Waals surface area contributed by atoms with Gasteiger partial charge in [0.2, 0.25) is 0 Å². The number of carbonyl (C=O) groups excluding carboxylic acids is 1. The summed E-state index contributed by atoms with van der Waals surface area (Å²) in [5.41, 5.74) is 3.52. The van der Waals surface area contributed by atoms with Crippen molar-refractivity contribution in [2.75, 3.05) is 0 Å². The molecule has 22 heavy (non-hydrogen) atoms. The van der Waals surface area contributed by atoms with Crippen molar-refractivity contribution in [3.05, 3.63) is 28.8 Å². The smallest absolute Gasteiger partial charge is 0.310 e. The van der Waals surface area contributed by atoms with Gasteiger partial charge in [0.15, 0.2) is 0 Å². The van der Waals surface area contributed by atoms with E-state index in [1.54, 1.807) is 0 Å². The molecular formula is C20H32O2. The number of rotatable bonds is 3. The molecule has 0 aliphatic rings. The highest BCUT2D eigenvalue weighted by Gasteiger charge is 2.27. The van der Waals surface area contributed by atoms with Gasteiger partial charge in [0, 0.05) is 12.0 Å². The molecule has 1 rings (SSSR count). The average Bonchev–Trinajstić information content (AvgIpc) is 2.35. The van der Waals surface area contributed by atoms with Gasteiger partial charge in [-0.25, -0.2) is 0 Å². The Morgan fingerprint density at radius 1 is 1.05 bits per heavy atom. The minimum absolute atomic E-state index is 0.0664. The fraction of sp³-hybridized carbons (Fsp3) is 0.650. The van der Waals surface area contributed by atoms with E-state index in [1.807, 2.05) is 6.92 Å². The monoisotopic (exact) mass is 304 g/mol. The normalized spacial score (nSPS) is 12.6. The molecule has 0 fully saturated rings. The standard InChI is InChI=1S/C20H32O2/c1-10-17(21)22-18-15(13(2)3)11-14(19(4,5)6)12-16(18)20(7,8)9/h11-13H,10H2,1-9H3. The molecule has 0 aromatic heterocycles. The van der Waals surface area contributed by atoms with Crippen molar-refractivity contribution in [2.45, 2.75) is 85.5 Å². The van der Waals surface area contributed by atoms with E-state index in [9.17, 15) is 4.79 Å². The summed E-state index contributed by atoms with van der Waals surface area (Å²) in [7, 11) is 0. The zero-order valence-electron chi connectivity index (χ0n) is 15.8. The molecule has 0 saturated heterocycles. The van der Waals surface area contributed by atoms with Crippen LogP contribution in [0.3, 0.4) is 0 Å². The van der Waals surface area contributed by atoms with E-state index < -0.39 is 0 Å². The van der Waals surface area contributed by atoms with E-state index in [0.29, 0.717) is 12.3 Å². The first-order chi connectivity index (χ1) is 9.87. The molecule has 0 spiro atoms. The summed E-state index contributed by atoms with van der Waals surface area (Å²) in [4.78, 5) is 11.9. The Hall–Kier alpha value is -1.31. The van der Waals surface area contributed by atoms with Crippen LogP contribution < -0.4 is 4.74 Å². The summed E-state index contributed by atoms with van der Waals surface area (Å²) >= 11 is 0. The van der Waals surface area contributed by atoms with E-state index in [2.05, 4.69) is 67.5 Å². The lowest BCUT2D eigenvalue weighted by Crippen LogP contribution is -2.21. The summed E-state index contributed by atoms with van der Waals surface area (Å²) in [5.74, 6) is 0.904. The number of benzene rings is 1. The minimum atomic E-state index is -0.170. The molecule has 0 atom stereocenters. The first-order valence-electron chi connectivity index (χ1n) is 8.27. The minimum Gasteiger partial charge on any atom is -0.426 e. The molecule has 0 saturated carbocycles. The lowest BCUT2D eigenvalue weighted by molar-refractivity contribution is -0.134. The summed E-state index contributed by atoms with van der Waals surface area (Å²) < 4.78 is 5.74. The third kappa shape index (κ3) is 4.34. The summed E-state index contributed by atoms with van der Waals surface area (Å²) in [6.07, 6.45) is 0.391. The number of hydrogen-bond donors (Lipinski definition) is 0. The van der Waals surface area contributed by atoms with Crippen LogP contribution >= 0.6 is 0 Å². The van der Waals surface area contributed by atoms with E-state index in [4.69, 9.17) is 4.74 Å². The van der Waals surface area contributed by atoms with Gasteiger partial charge < -0.3 is 4.74 Å². The molecule has 0 aliphatic carbocycles. The summed E-state index contributed by atoms with van der Waals surface area (Å²) in [6.45, 7) is 19.3. The summed E-state index contributed by atoms with van der Waals surface area (Å²) in [6, 6.07) is 4.42. The molecule has 2 heteroatoms. The maximum absolute atomic E-state index is 11.9. The molecule has 2 nitrogen and oxygen atoms in total. The Morgan fingerprint density at radius 3 is 1.95 bits per heavy atom. The van der Waals surface area contributed by atoms with E-state index in [0.717, 1.165) is 16.9 Å². The van der Waals surface area contributed by atoms with Crippen molar-refractivity contribution in [3.63, 3.8) is 0 Å². The largest absolute Gasteiger partial charge is 0.426 e. The van der Waals surface area contributed by atoms with Crippen molar-refractivity contribution in [1.82, 2.24) is 0 Å². The van der Waals surface area contributed by atoms with Gasteiger partial charge in [0.25, 0.3) is 0 Å². The number of hydrogen-bond acceptors (Lipinski definition) is 2. The van der Waals surface area contributed by atoms with Gasteiger partial charge in [-0.2, -0.15) is 0 Å². The van der Waals surface area contributed by atoms with Crippen LogP contribution in [-0.2, 0) is 15.6 Å². The first kappa shape index (κ1) is 18.7. The fourth-order valence-electron chi connectivity index (χ4n) is 2.37. The fourth-order valence-corrected chi connectivity index (χ4v) is 2.37. The Labute approximate surface area is 136 Å². The Bertz CT molecular complexity index is 540. The number of carbonyl (C=O) groups is 1. The molecule has 0 radical (unpaired) electrons. The van der Waals surface area contributed by atoms with Gasteiger partial charge in [-0.1, -0.05) is 74.4 Å². The van der Waals surface area contributed by atoms with Gasteiger partial charge in [0.1, 0.15) is 5.75 Å². The maximum Gasteiger partial charge on any atom is 0.310 e. The van der Waals surface area contributed by atoms with Crippen LogP contribution in [0.25, 0.3) is 0 Å². The van der Waals surface area contributed by atoms with Crippen LogP contribution in [-0.4, -0.2) is 5.97 Å². The molecule has 0 bridgehead atoms. The van der Waals surface area contributed by atoms with Gasteiger partial charge in [-0.15, -0.1) is 0 Å². The topological polar surface area (TPSA) is 26.3 Å². The zero-order chi connectivity index (χ0) is 17.3. The maximum atomic E-state index is 11.9. The Balaban J connectivity index is 3.67. The molecule has 1 aromatic carbocycles. The molecule has 0 N–H and O–H groups in total. The van der Waals surface area contributed by atoms with Crippen LogP contribution in [0.15, 0.2) is 12.1 Å². The second kappa shape index (κ2) is 6.44. The third-order valence-corrected chi connectivity index (χ3v) is 3.92. The number of esters is 1. The van der Waals surface area contributed by atoms with Crippen molar-refractivity contribution < 1.29 is 9.53 Å². The lowest BCUT2D eigenvalue weighted by atomic mass is 9.77. The SMILES string of the molecule is CCC(=O)Oc1c(C(C)C)cc(C(C)(C)C)cc1C(C)(C)C. The Morgan fingerprint density at radius 2 is 1.59 bits per heavy atom. The van der Waals surface area contributed by atoms with Gasteiger partial charge in [-0.05, 0) is 27.9 Å². The first-order valence-corrected chi connectivity index (χ1v) is 8.27. The van der Waals surface area contributed by atoms with Gasteiger partial charge in [0.05, 0.1) is 0 Å². The highest BCUT2D eigenvalue weighted by molar-refractivity contribution is 5.73. The van der Waals surface area contributed by atoms with Crippen LogP contribution in [0.5, 0.6) is 5.75 Å². The van der Waals surface area contributed by atoms with Crippen LogP contribution in [0, 0.1) is 0 Å². The van der Waals surface area contributed by atoms with Crippen LogP contribution in [0.4, 0.5) is 0 Å². The highest BCUT2D eigenvalue weighted by Crippen LogP contribution is 2.41. The molecule has 0 unspecified atom stereocenters. The highest BCUT2D eigenvalue weighted by atomic mass is 16.5. The second-order valence-corrected chi connectivity index (χ2v) is 8.42. The average molecular weight is 304 g/mol. The third-order valence-electron chi connectivity index (χ3n) is 3.92. The predicted molar refractivity (Wildman–Crippen MR) is 93.9 cm³/mol. The quantitative estimate of drug-likeness (QED) is 0.527. The molecule has 0 aliphatic heterocycles. The summed E-state index contributed by atoms with van der Waals surface area (Å²) in [5, 5.41) is 0. The molecular weight excluding hydrogens is 272 g/mol. The number of ether oxygens (including phenoxy) is 1. The molecule has 1 aromatic rings. The predicted octanol–water partition coefficient (Wildman–Crippen LogP) is 5.72. The zero-order valence-corrected chi connectivity index (χ0v) is 15.8. The van der Waals surface area contributed by atoms with Crippen LogP contribution in [0.2, 0.25) is 0 Å². The molecule has 0 amide bonds. The Kier molecular flexibility index (Phi) is 5.48. The van der Waals surface area contributed by atoms with Crippen molar-refractivity contribution >= 4 is 5.97 Å². The van der Waals surface area contributed by atoms with Crippen molar-refractivity contribution in [2.24, 2.45) is 0 Å². The second-order valence-electron chi connectivity index (χ2n) is 8.42. The molecule has 124 valence electrons. The molecule has 0 heterocycles. The van der Waals surface area contributed by atoms with E-state index >= 15 is 0 Å².